The van der Waals surface area contributed by atoms with E-state index in [2.05, 4.69) is 56.3 Å². The van der Waals surface area contributed by atoms with Gasteiger partial charge in [0.05, 0.1) is 5.69 Å². The molecule has 1 aliphatic rings. The van der Waals surface area contributed by atoms with Crippen LogP contribution in [0.2, 0.25) is 0 Å². The van der Waals surface area contributed by atoms with E-state index in [9.17, 15) is 0 Å². The van der Waals surface area contributed by atoms with Gasteiger partial charge in [-0.2, -0.15) is 5.10 Å². The summed E-state index contributed by atoms with van der Waals surface area (Å²) in [5.74, 6) is 1.08. The molecule has 1 fully saturated rings. The molecule has 122 valence electrons. The van der Waals surface area contributed by atoms with Crippen molar-refractivity contribution in [2.75, 3.05) is 31.1 Å². The Bertz CT molecular complexity index is 744. The molecule has 0 N–H and O–H groups in total. The maximum absolute atomic E-state index is 4.44. The first-order valence-electron chi connectivity index (χ1n) is 8.36. The first kappa shape index (κ1) is 14.9. The average molecular weight is 319 g/mol. The van der Waals surface area contributed by atoms with Gasteiger partial charge in [-0.3, -0.25) is 4.90 Å². The van der Waals surface area contributed by atoms with Crippen molar-refractivity contribution in [1.82, 2.24) is 19.7 Å². The van der Waals surface area contributed by atoms with Crippen LogP contribution in [-0.4, -0.2) is 45.8 Å². The number of hydrogen-bond acceptors (Lipinski definition) is 4. The molecule has 2 aromatic heterocycles. The molecule has 0 atom stereocenters. The van der Waals surface area contributed by atoms with E-state index in [1.165, 1.54) is 5.56 Å². The third kappa shape index (κ3) is 3.31. The highest BCUT2D eigenvalue weighted by atomic mass is 15.3. The van der Waals surface area contributed by atoms with Gasteiger partial charge in [0.25, 0.3) is 0 Å². The molecule has 0 aliphatic carbocycles. The fraction of sp³-hybridized carbons (Fsp3) is 0.263. The van der Waals surface area contributed by atoms with Crippen LogP contribution in [0, 0.1) is 0 Å². The Morgan fingerprint density at radius 3 is 2.33 bits per heavy atom. The molecule has 5 heteroatoms. The topological polar surface area (TPSA) is 37.2 Å². The highest BCUT2D eigenvalue weighted by Crippen LogP contribution is 2.15. The number of rotatable bonds is 4. The van der Waals surface area contributed by atoms with Crippen molar-refractivity contribution in [3.05, 3.63) is 72.7 Å². The summed E-state index contributed by atoms with van der Waals surface area (Å²) in [6, 6.07) is 16.7. The number of nitrogens with zero attached hydrogens (tertiary/aromatic N) is 5. The second-order valence-corrected chi connectivity index (χ2v) is 6.07. The zero-order valence-electron chi connectivity index (χ0n) is 13.6. The average Bonchev–Trinajstić information content (AvgIpc) is 3.18. The molecule has 1 saturated heterocycles. The number of anilines is 1. The van der Waals surface area contributed by atoms with Crippen LogP contribution >= 0.6 is 0 Å². The van der Waals surface area contributed by atoms with Crippen LogP contribution in [0.4, 0.5) is 5.82 Å². The Labute approximate surface area is 142 Å². The summed E-state index contributed by atoms with van der Waals surface area (Å²) in [4.78, 5) is 9.31. The summed E-state index contributed by atoms with van der Waals surface area (Å²) < 4.78 is 1.88. The van der Waals surface area contributed by atoms with E-state index in [1.54, 1.807) is 6.20 Å². The van der Waals surface area contributed by atoms with Gasteiger partial charge in [-0.1, -0.05) is 18.2 Å². The molecule has 0 radical (unpaired) electrons. The van der Waals surface area contributed by atoms with Gasteiger partial charge in [0.15, 0.2) is 0 Å². The lowest BCUT2D eigenvalue weighted by molar-refractivity contribution is 0.249. The normalized spacial score (nSPS) is 15.6. The molecule has 1 aliphatic heterocycles. The highest BCUT2D eigenvalue weighted by Gasteiger charge is 2.17. The lowest BCUT2D eigenvalue weighted by Gasteiger charge is -2.35. The Balaban J connectivity index is 1.34. The van der Waals surface area contributed by atoms with E-state index in [-0.39, 0.29) is 0 Å². The minimum Gasteiger partial charge on any atom is -0.354 e. The minimum absolute atomic E-state index is 0.995. The Morgan fingerprint density at radius 1 is 0.833 bits per heavy atom. The summed E-state index contributed by atoms with van der Waals surface area (Å²) in [5.41, 5.74) is 2.45. The summed E-state index contributed by atoms with van der Waals surface area (Å²) in [5, 5.41) is 4.26. The first-order chi connectivity index (χ1) is 11.9. The Kier molecular flexibility index (Phi) is 4.25. The predicted molar refractivity (Wildman–Crippen MR) is 95.3 cm³/mol. The number of piperazine rings is 1. The maximum atomic E-state index is 4.44. The predicted octanol–water partition coefficient (Wildman–Crippen LogP) is 2.59. The molecule has 0 bridgehead atoms. The van der Waals surface area contributed by atoms with Gasteiger partial charge in [-0.05, 0) is 35.9 Å². The molecule has 1 aromatic carbocycles. The van der Waals surface area contributed by atoms with Crippen LogP contribution in [-0.2, 0) is 6.54 Å². The lowest BCUT2D eigenvalue weighted by Crippen LogP contribution is -2.46. The Hall–Kier alpha value is -2.66. The minimum atomic E-state index is 0.995. The van der Waals surface area contributed by atoms with E-state index in [0.29, 0.717) is 0 Å². The number of pyridine rings is 1. The van der Waals surface area contributed by atoms with Crippen LogP contribution in [0.3, 0.4) is 0 Å². The summed E-state index contributed by atoms with van der Waals surface area (Å²) in [6.07, 6.45) is 5.63. The molecule has 4 rings (SSSR count). The van der Waals surface area contributed by atoms with Crippen LogP contribution in [0.25, 0.3) is 5.69 Å². The molecule has 5 nitrogen and oxygen atoms in total. The Morgan fingerprint density at radius 2 is 1.67 bits per heavy atom. The van der Waals surface area contributed by atoms with Crippen LogP contribution < -0.4 is 4.90 Å². The van der Waals surface area contributed by atoms with Gasteiger partial charge in [0.2, 0.25) is 0 Å². The van der Waals surface area contributed by atoms with E-state index in [4.69, 9.17) is 0 Å². The number of hydrogen-bond donors (Lipinski definition) is 0. The van der Waals surface area contributed by atoms with Crippen LogP contribution in [0.5, 0.6) is 0 Å². The zero-order chi connectivity index (χ0) is 16.2. The first-order valence-corrected chi connectivity index (χ1v) is 8.36. The maximum Gasteiger partial charge on any atom is 0.128 e. The summed E-state index contributed by atoms with van der Waals surface area (Å²) in [7, 11) is 0. The van der Waals surface area contributed by atoms with Crippen molar-refractivity contribution in [2.45, 2.75) is 6.54 Å². The summed E-state index contributed by atoms with van der Waals surface area (Å²) >= 11 is 0. The third-order valence-electron chi connectivity index (χ3n) is 4.46. The van der Waals surface area contributed by atoms with E-state index in [0.717, 1.165) is 44.2 Å². The van der Waals surface area contributed by atoms with Gasteiger partial charge in [-0.25, -0.2) is 9.67 Å². The standard InChI is InChI=1S/C19H21N5/c1-2-9-20-19(4-1)23-14-12-22(13-15-23)16-17-5-7-18(8-6-17)24-11-3-10-21-24/h1-11H,12-16H2. The van der Waals surface area contributed by atoms with Gasteiger partial charge < -0.3 is 4.90 Å². The van der Waals surface area contributed by atoms with Gasteiger partial charge in [0.1, 0.15) is 5.82 Å². The smallest absolute Gasteiger partial charge is 0.128 e. The second kappa shape index (κ2) is 6.84. The van der Waals surface area contributed by atoms with E-state index in [1.807, 2.05) is 29.2 Å². The van der Waals surface area contributed by atoms with Crippen LogP contribution in [0.15, 0.2) is 67.1 Å². The van der Waals surface area contributed by atoms with Crippen molar-refractivity contribution >= 4 is 5.82 Å². The molecule has 3 heterocycles. The van der Waals surface area contributed by atoms with Crippen molar-refractivity contribution in [2.24, 2.45) is 0 Å². The van der Waals surface area contributed by atoms with Crippen molar-refractivity contribution in [1.29, 1.82) is 0 Å². The lowest BCUT2D eigenvalue weighted by atomic mass is 10.2. The fourth-order valence-corrected chi connectivity index (χ4v) is 3.11. The van der Waals surface area contributed by atoms with E-state index < -0.39 is 0 Å². The number of aromatic nitrogens is 3. The van der Waals surface area contributed by atoms with Gasteiger partial charge >= 0.3 is 0 Å². The molecule has 0 saturated carbocycles. The van der Waals surface area contributed by atoms with Gasteiger partial charge in [0, 0.05) is 51.3 Å². The van der Waals surface area contributed by atoms with E-state index >= 15 is 0 Å². The fourth-order valence-electron chi connectivity index (χ4n) is 3.11. The monoisotopic (exact) mass is 319 g/mol. The molecule has 3 aromatic rings. The van der Waals surface area contributed by atoms with Crippen LogP contribution in [0.1, 0.15) is 5.56 Å². The molecule has 0 unspecified atom stereocenters. The SMILES string of the molecule is c1ccc(N2CCN(Cc3ccc(-n4cccn4)cc3)CC2)nc1. The second-order valence-electron chi connectivity index (χ2n) is 6.07. The molecule has 24 heavy (non-hydrogen) atoms. The van der Waals surface area contributed by atoms with Crippen molar-refractivity contribution in [3.8, 4) is 5.69 Å². The largest absolute Gasteiger partial charge is 0.354 e. The van der Waals surface area contributed by atoms with Crippen molar-refractivity contribution in [3.63, 3.8) is 0 Å². The summed E-state index contributed by atoms with van der Waals surface area (Å²) in [6.45, 7) is 5.19. The van der Waals surface area contributed by atoms with Crippen molar-refractivity contribution < 1.29 is 0 Å². The highest BCUT2D eigenvalue weighted by molar-refractivity contribution is 5.38. The molecule has 0 amide bonds. The third-order valence-corrected chi connectivity index (χ3v) is 4.46. The van der Waals surface area contributed by atoms with Gasteiger partial charge in [-0.15, -0.1) is 0 Å². The molecule has 0 spiro atoms. The zero-order valence-corrected chi connectivity index (χ0v) is 13.6. The molecular weight excluding hydrogens is 298 g/mol. The number of benzene rings is 1. The molecular formula is C19H21N5. The quantitative estimate of drug-likeness (QED) is 0.741.